The van der Waals surface area contributed by atoms with Gasteiger partial charge in [0, 0.05) is 23.2 Å². The van der Waals surface area contributed by atoms with Crippen LogP contribution in [0.5, 0.6) is 0 Å². The summed E-state index contributed by atoms with van der Waals surface area (Å²) in [5.41, 5.74) is 1.11. The highest BCUT2D eigenvalue weighted by Gasteiger charge is 2.18. The number of terminal acetylenes is 1. The van der Waals surface area contributed by atoms with E-state index in [0.29, 0.717) is 16.5 Å². The monoisotopic (exact) mass is 442 g/mol. The SMILES string of the molecule is C#CCNS(=O)(=O)c1cccc(C(=O)N(C)Cc2ccc(-c3ccc(Cl)cc3)o2)c1. The van der Waals surface area contributed by atoms with Crippen molar-refractivity contribution in [2.24, 2.45) is 0 Å². The molecular weight excluding hydrogens is 424 g/mol. The minimum atomic E-state index is -3.78. The third-order valence-corrected chi connectivity index (χ3v) is 5.94. The van der Waals surface area contributed by atoms with Crippen LogP contribution in [0.3, 0.4) is 0 Å². The molecule has 0 fully saturated rings. The van der Waals surface area contributed by atoms with Crippen LogP contribution in [0.1, 0.15) is 16.1 Å². The van der Waals surface area contributed by atoms with Crippen LogP contribution < -0.4 is 4.72 Å². The highest BCUT2D eigenvalue weighted by Crippen LogP contribution is 2.24. The van der Waals surface area contributed by atoms with Gasteiger partial charge in [0.2, 0.25) is 10.0 Å². The first-order valence-corrected chi connectivity index (χ1v) is 10.8. The van der Waals surface area contributed by atoms with Crippen molar-refractivity contribution in [2.75, 3.05) is 13.6 Å². The molecule has 8 heteroatoms. The number of sulfonamides is 1. The van der Waals surface area contributed by atoms with Crippen molar-refractivity contribution in [3.63, 3.8) is 0 Å². The summed E-state index contributed by atoms with van der Waals surface area (Å²) in [6.45, 7) is 0.0909. The number of benzene rings is 2. The minimum Gasteiger partial charge on any atom is -0.459 e. The summed E-state index contributed by atoms with van der Waals surface area (Å²) in [5, 5.41) is 0.634. The molecule has 2 aromatic carbocycles. The van der Waals surface area contributed by atoms with Gasteiger partial charge in [-0.25, -0.2) is 8.42 Å². The fourth-order valence-electron chi connectivity index (χ4n) is 2.77. The number of halogens is 1. The maximum atomic E-state index is 12.8. The Bertz CT molecular complexity index is 1190. The van der Waals surface area contributed by atoms with Gasteiger partial charge in [-0.15, -0.1) is 6.42 Å². The van der Waals surface area contributed by atoms with Crippen molar-refractivity contribution in [3.05, 3.63) is 77.0 Å². The topological polar surface area (TPSA) is 79.6 Å². The molecule has 0 atom stereocenters. The Morgan fingerprint density at radius 2 is 1.90 bits per heavy atom. The Morgan fingerprint density at radius 3 is 2.60 bits per heavy atom. The molecule has 3 aromatic rings. The van der Waals surface area contributed by atoms with Crippen LogP contribution in [0.4, 0.5) is 0 Å². The Labute approximate surface area is 180 Å². The molecule has 30 heavy (non-hydrogen) atoms. The normalized spacial score (nSPS) is 11.1. The van der Waals surface area contributed by atoms with Gasteiger partial charge in [0.15, 0.2) is 0 Å². The number of nitrogens with one attached hydrogen (secondary N) is 1. The number of hydrogen-bond acceptors (Lipinski definition) is 4. The van der Waals surface area contributed by atoms with E-state index >= 15 is 0 Å². The summed E-state index contributed by atoms with van der Waals surface area (Å²) in [7, 11) is -2.17. The number of carbonyl (C=O) groups excluding carboxylic acids is 1. The van der Waals surface area contributed by atoms with Crippen molar-refractivity contribution in [1.82, 2.24) is 9.62 Å². The Kier molecular flexibility index (Phi) is 6.63. The van der Waals surface area contributed by atoms with E-state index in [9.17, 15) is 13.2 Å². The van der Waals surface area contributed by atoms with Crippen LogP contribution in [0, 0.1) is 12.3 Å². The molecule has 6 nitrogen and oxygen atoms in total. The van der Waals surface area contributed by atoms with E-state index in [1.165, 1.54) is 23.1 Å². The van der Waals surface area contributed by atoms with E-state index in [2.05, 4.69) is 10.6 Å². The molecule has 1 amide bonds. The first kappa shape index (κ1) is 21.7. The van der Waals surface area contributed by atoms with Crippen molar-refractivity contribution < 1.29 is 17.6 Å². The Balaban J connectivity index is 1.73. The molecule has 0 spiro atoms. The van der Waals surface area contributed by atoms with E-state index in [-0.39, 0.29) is 29.5 Å². The summed E-state index contributed by atoms with van der Waals surface area (Å²) in [6, 6.07) is 16.6. The first-order valence-electron chi connectivity index (χ1n) is 8.93. The molecule has 154 valence electrons. The van der Waals surface area contributed by atoms with Gasteiger partial charge < -0.3 is 9.32 Å². The highest BCUT2D eigenvalue weighted by molar-refractivity contribution is 7.89. The van der Waals surface area contributed by atoms with Crippen LogP contribution in [0.25, 0.3) is 11.3 Å². The Hall–Kier alpha value is -3.05. The summed E-state index contributed by atoms with van der Waals surface area (Å²) in [6.07, 6.45) is 5.10. The molecule has 0 saturated carbocycles. The Morgan fingerprint density at radius 1 is 1.17 bits per heavy atom. The van der Waals surface area contributed by atoms with Crippen LogP contribution >= 0.6 is 11.6 Å². The second kappa shape index (κ2) is 9.18. The molecule has 0 aliphatic carbocycles. The summed E-state index contributed by atoms with van der Waals surface area (Å²) >= 11 is 5.91. The van der Waals surface area contributed by atoms with Crippen molar-refractivity contribution >= 4 is 27.5 Å². The predicted molar refractivity (Wildman–Crippen MR) is 115 cm³/mol. The molecule has 0 bridgehead atoms. The standard InChI is InChI=1S/C22H19ClN2O4S/c1-3-13-24-30(27,28)20-6-4-5-17(14-20)22(26)25(2)15-19-11-12-21(29-19)16-7-9-18(23)10-8-16/h1,4-12,14,24H,13,15H2,2H3. The number of hydrogen-bond donors (Lipinski definition) is 1. The lowest BCUT2D eigenvalue weighted by Gasteiger charge is -2.16. The lowest BCUT2D eigenvalue weighted by Crippen LogP contribution is -2.27. The second-order valence-electron chi connectivity index (χ2n) is 6.49. The lowest BCUT2D eigenvalue weighted by molar-refractivity contribution is 0.0775. The smallest absolute Gasteiger partial charge is 0.254 e. The van der Waals surface area contributed by atoms with E-state index in [1.807, 2.05) is 18.2 Å². The highest BCUT2D eigenvalue weighted by atomic mass is 35.5. The van der Waals surface area contributed by atoms with Crippen LogP contribution in [0.15, 0.2) is 70.0 Å². The fourth-order valence-corrected chi connectivity index (χ4v) is 3.88. The zero-order chi connectivity index (χ0) is 21.7. The van der Waals surface area contributed by atoms with E-state index < -0.39 is 10.0 Å². The molecule has 3 rings (SSSR count). The summed E-state index contributed by atoms with van der Waals surface area (Å²) in [4.78, 5) is 14.2. The van der Waals surface area contributed by atoms with Crippen LogP contribution in [-0.2, 0) is 16.6 Å². The van der Waals surface area contributed by atoms with Gasteiger partial charge in [0.1, 0.15) is 11.5 Å². The lowest BCUT2D eigenvalue weighted by atomic mass is 10.2. The van der Waals surface area contributed by atoms with Gasteiger partial charge in [-0.1, -0.05) is 23.6 Å². The average molecular weight is 443 g/mol. The molecule has 0 radical (unpaired) electrons. The molecule has 0 aliphatic rings. The second-order valence-corrected chi connectivity index (χ2v) is 8.69. The third-order valence-electron chi connectivity index (χ3n) is 4.29. The molecule has 0 unspecified atom stereocenters. The van der Waals surface area contributed by atoms with E-state index in [4.69, 9.17) is 22.4 Å². The van der Waals surface area contributed by atoms with Gasteiger partial charge in [-0.2, -0.15) is 4.72 Å². The fraction of sp³-hybridized carbons (Fsp3) is 0.136. The average Bonchev–Trinajstić information content (AvgIpc) is 3.20. The molecule has 1 heterocycles. The summed E-state index contributed by atoms with van der Waals surface area (Å²) < 4.78 is 32.6. The van der Waals surface area contributed by atoms with Gasteiger partial charge in [0.05, 0.1) is 18.0 Å². The molecule has 1 aromatic heterocycles. The number of furan rings is 1. The van der Waals surface area contributed by atoms with Gasteiger partial charge >= 0.3 is 0 Å². The number of rotatable bonds is 7. The van der Waals surface area contributed by atoms with Crippen molar-refractivity contribution in [1.29, 1.82) is 0 Å². The maximum absolute atomic E-state index is 12.8. The van der Waals surface area contributed by atoms with Crippen LogP contribution in [-0.4, -0.2) is 32.8 Å². The number of carbonyl (C=O) groups is 1. The molecule has 0 saturated heterocycles. The van der Waals surface area contributed by atoms with Crippen molar-refractivity contribution in [3.8, 4) is 23.7 Å². The molecule has 1 N–H and O–H groups in total. The number of nitrogens with zero attached hydrogens (tertiary/aromatic N) is 1. The summed E-state index contributed by atoms with van der Waals surface area (Å²) in [5.74, 6) is 3.13. The predicted octanol–water partition coefficient (Wildman–Crippen LogP) is 3.78. The van der Waals surface area contributed by atoms with Gasteiger partial charge in [0.25, 0.3) is 5.91 Å². The largest absolute Gasteiger partial charge is 0.459 e. The molecular formula is C22H19ClN2O4S. The first-order chi connectivity index (χ1) is 14.3. The quantitative estimate of drug-likeness (QED) is 0.564. The van der Waals surface area contributed by atoms with Gasteiger partial charge in [-0.3, -0.25) is 4.79 Å². The zero-order valence-electron chi connectivity index (χ0n) is 16.1. The minimum absolute atomic E-state index is 0.0278. The number of amides is 1. The van der Waals surface area contributed by atoms with E-state index in [1.54, 1.807) is 31.3 Å². The maximum Gasteiger partial charge on any atom is 0.254 e. The van der Waals surface area contributed by atoms with Crippen LogP contribution in [0.2, 0.25) is 5.02 Å². The molecule has 0 aliphatic heterocycles. The van der Waals surface area contributed by atoms with Crippen molar-refractivity contribution in [2.45, 2.75) is 11.4 Å². The zero-order valence-corrected chi connectivity index (χ0v) is 17.7. The van der Waals surface area contributed by atoms with Gasteiger partial charge in [-0.05, 0) is 54.6 Å². The van der Waals surface area contributed by atoms with E-state index in [0.717, 1.165) is 5.56 Å². The third kappa shape index (κ3) is 5.10.